The molecule has 0 saturated carbocycles. The normalized spacial score (nSPS) is 10.7. The number of amides is 1. The van der Waals surface area contributed by atoms with Crippen LogP contribution in [0.3, 0.4) is 0 Å². The maximum atomic E-state index is 12.2. The fourth-order valence-electron chi connectivity index (χ4n) is 3.30. The minimum absolute atomic E-state index is 0.000852. The van der Waals surface area contributed by atoms with Gasteiger partial charge in [0.25, 0.3) is 5.91 Å². The number of ether oxygens (including phenoxy) is 1. The Morgan fingerprint density at radius 2 is 1.71 bits per heavy atom. The summed E-state index contributed by atoms with van der Waals surface area (Å²) in [5, 5.41) is 7.57. The molecule has 28 heavy (non-hydrogen) atoms. The number of benzene rings is 2. The second-order valence-corrected chi connectivity index (χ2v) is 7.18. The minimum Gasteiger partial charge on any atom is -0.484 e. The molecule has 1 heterocycles. The smallest absolute Gasteiger partial charge is 0.258 e. The van der Waals surface area contributed by atoms with Gasteiger partial charge in [0, 0.05) is 17.8 Å². The Bertz CT molecular complexity index is 941. The monoisotopic (exact) mass is 377 g/mol. The zero-order valence-electron chi connectivity index (χ0n) is 17.0. The second-order valence-electron chi connectivity index (χ2n) is 7.18. The lowest BCUT2D eigenvalue weighted by atomic mass is 10.1. The fraction of sp³-hybridized carbons (Fsp3) is 0.304. The Morgan fingerprint density at radius 3 is 2.39 bits per heavy atom. The number of rotatable bonds is 7. The van der Waals surface area contributed by atoms with Gasteiger partial charge in [0.1, 0.15) is 5.75 Å². The van der Waals surface area contributed by atoms with Crippen molar-refractivity contribution in [2.75, 3.05) is 6.61 Å². The van der Waals surface area contributed by atoms with Gasteiger partial charge >= 0.3 is 0 Å². The molecule has 0 spiro atoms. The van der Waals surface area contributed by atoms with Gasteiger partial charge in [0.2, 0.25) is 0 Å². The highest BCUT2D eigenvalue weighted by Gasteiger charge is 2.13. The van der Waals surface area contributed by atoms with Crippen LogP contribution in [0.15, 0.2) is 48.5 Å². The summed E-state index contributed by atoms with van der Waals surface area (Å²) < 4.78 is 7.61. The van der Waals surface area contributed by atoms with E-state index >= 15 is 0 Å². The van der Waals surface area contributed by atoms with Crippen molar-refractivity contribution < 1.29 is 9.53 Å². The van der Waals surface area contributed by atoms with E-state index in [1.54, 1.807) is 0 Å². The first-order valence-corrected chi connectivity index (χ1v) is 9.47. The Kier molecular flexibility index (Phi) is 6.14. The van der Waals surface area contributed by atoms with Crippen LogP contribution in [0.1, 0.15) is 33.6 Å². The molecule has 3 rings (SSSR count). The lowest BCUT2D eigenvalue weighted by Gasteiger charge is -2.10. The van der Waals surface area contributed by atoms with Gasteiger partial charge in [-0.3, -0.25) is 9.48 Å². The molecule has 0 bridgehead atoms. The SMILES string of the molecule is Cc1cc(C)cc(OCC(=O)NCc2c(C)nn(Cc3ccccc3)c2C)c1. The summed E-state index contributed by atoms with van der Waals surface area (Å²) in [6, 6.07) is 16.2. The van der Waals surface area contributed by atoms with Crippen molar-refractivity contribution in [3.8, 4) is 5.75 Å². The molecule has 2 aromatic carbocycles. The average molecular weight is 377 g/mol. The Balaban J connectivity index is 1.57. The number of carbonyl (C=O) groups excluding carboxylic acids is 1. The number of hydrogen-bond donors (Lipinski definition) is 1. The van der Waals surface area contributed by atoms with Crippen molar-refractivity contribution in [1.82, 2.24) is 15.1 Å². The van der Waals surface area contributed by atoms with Crippen molar-refractivity contribution in [1.29, 1.82) is 0 Å². The number of hydrogen-bond acceptors (Lipinski definition) is 3. The predicted molar refractivity (Wildman–Crippen MR) is 111 cm³/mol. The first-order valence-electron chi connectivity index (χ1n) is 9.47. The summed E-state index contributed by atoms with van der Waals surface area (Å²) in [7, 11) is 0. The second kappa shape index (κ2) is 8.74. The predicted octanol–water partition coefficient (Wildman–Crippen LogP) is 3.86. The molecule has 0 saturated heterocycles. The lowest BCUT2D eigenvalue weighted by Crippen LogP contribution is -2.28. The van der Waals surface area contributed by atoms with Crippen LogP contribution in [-0.2, 0) is 17.9 Å². The van der Waals surface area contributed by atoms with Gasteiger partial charge in [0.05, 0.1) is 12.2 Å². The van der Waals surface area contributed by atoms with Gasteiger partial charge in [-0.15, -0.1) is 0 Å². The van der Waals surface area contributed by atoms with E-state index in [-0.39, 0.29) is 12.5 Å². The maximum absolute atomic E-state index is 12.2. The van der Waals surface area contributed by atoms with E-state index in [1.807, 2.05) is 62.7 Å². The molecule has 0 aliphatic carbocycles. The Labute approximate surface area is 166 Å². The molecule has 0 aliphatic rings. The van der Waals surface area contributed by atoms with Crippen LogP contribution in [0.2, 0.25) is 0 Å². The molecule has 146 valence electrons. The van der Waals surface area contributed by atoms with Crippen LogP contribution in [0, 0.1) is 27.7 Å². The van der Waals surface area contributed by atoms with Gasteiger partial charge in [-0.25, -0.2) is 0 Å². The molecule has 0 aliphatic heterocycles. The molecule has 3 aromatic rings. The summed E-state index contributed by atoms with van der Waals surface area (Å²) in [4.78, 5) is 12.2. The first-order chi connectivity index (χ1) is 13.4. The molecule has 0 radical (unpaired) electrons. The van der Waals surface area contributed by atoms with E-state index < -0.39 is 0 Å². The molecular formula is C23H27N3O2. The van der Waals surface area contributed by atoms with Crippen molar-refractivity contribution in [3.05, 3.63) is 82.2 Å². The van der Waals surface area contributed by atoms with Crippen LogP contribution >= 0.6 is 0 Å². The van der Waals surface area contributed by atoms with E-state index in [2.05, 4.69) is 28.6 Å². The van der Waals surface area contributed by atoms with Crippen LogP contribution in [0.4, 0.5) is 0 Å². The highest BCUT2D eigenvalue weighted by molar-refractivity contribution is 5.77. The van der Waals surface area contributed by atoms with Crippen molar-refractivity contribution in [3.63, 3.8) is 0 Å². The maximum Gasteiger partial charge on any atom is 0.258 e. The quantitative estimate of drug-likeness (QED) is 0.680. The molecule has 0 unspecified atom stereocenters. The molecule has 5 nitrogen and oxygen atoms in total. The van der Waals surface area contributed by atoms with Crippen molar-refractivity contribution in [2.45, 2.75) is 40.8 Å². The van der Waals surface area contributed by atoms with E-state index in [0.29, 0.717) is 6.54 Å². The van der Waals surface area contributed by atoms with Gasteiger partial charge in [0.15, 0.2) is 6.61 Å². The van der Waals surface area contributed by atoms with Gasteiger partial charge in [-0.05, 0) is 56.5 Å². The van der Waals surface area contributed by atoms with Crippen LogP contribution in [-0.4, -0.2) is 22.3 Å². The number of nitrogens with one attached hydrogen (secondary N) is 1. The molecule has 1 N–H and O–H groups in total. The largest absolute Gasteiger partial charge is 0.484 e. The van der Waals surface area contributed by atoms with Gasteiger partial charge in [-0.1, -0.05) is 36.4 Å². The van der Waals surface area contributed by atoms with E-state index in [1.165, 1.54) is 5.56 Å². The van der Waals surface area contributed by atoms with E-state index in [4.69, 9.17) is 4.74 Å². The fourth-order valence-corrected chi connectivity index (χ4v) is 3.30. The summed E-state index contributed by atoms with van der Waals surface area (Å²) in [5.41, 5.74) is 6.49. The zero-order valence-corrected chi connectivity index (χ0v) is 17.0. The lowest BCUT2D eigenvalue weighted by molar-refractivity contribution is -0.123. The molecular weight excluding hydrogens is 350 g/mol. The van der Waals surface area contributed by atoms with Crippen LogP contribution in [0.5, 0.6) is 5.75 Å². The Morgan fingerprint density at radius 1 is 1.04 bits per heavy atom. The number of aromatic nitrogens is 2. The topological polar surface area (TPSA) is 56.1 Å². The third-order valence-electron chi connectivity index (χ3n) is 4.73. The number of carbonyl (C=O) groups is 1. The molecule has 0 atom stereocenters. The summed E-state index contributed by atoms with van der Waals surface area (Å²) in [5.74, 6) is 0.574. The van der Waals surface area contributed by atoms with Crippen molar-refractivity contribution >= 4 is 5.91 Å². The van der Waals surface area contributed by atoms with E-state index in [0.717, 1.165) is 40.4 Å². The summed E-state index contributed by atoms with van der Waals surface area (Å²) in [6.45, 7) is 9.20. The van der Waals surface area contributed by atoms with Crippen LogP contribution in [0.25, 0.3) is 0 Å². The summed E-state index contributed by atoms with van der Waals surface area (Å²) in [6.07, 6.45) is 0. The highest BCUT2D eigenvalue weighted by Crippen LogP contribution is 2.17. The third-order valence-corrected chi connectivity index (χ3v) is 4.73. The standard InChI is InChI=1S/C23H27N3O2/c1-16-10-17(2)12-21(11-16)28-15-23(27)24-13-22-18(3)25-26(19(22)4)14-20-8-6-5-7-9-20/h5-12H,13-15H2,1-4H3,(H,24,27). The Hall–Kier alpha value is -3.08. The summed E-state index contributed by atoms with van der Waals surface area (Å²) >= 11 is 0. The highest BCUT2D eigenvalue weighted by atomic mass is 16.5. The third kappa shape index (κ3) is 5.00. The van der Waals surface area contributed by atoms with Gasteiger partial charge < -0.3 is 10.1 Å². The number of nitrogens with zero attached hydrogens (tertiary/aromatic N) is 2. The minimum atomic E-state index is -0.145. The van der Waals surface area contributed by atoms with E-state index in [9.17, 15) is 4.79 Å². The molecule has 1 amide bonds. The molecule has 5 heteroatoms. The number of aryl methyl sites for hydroxylation is 3. The molecule has 1 aromatic heterocycles. The molecule has 0 fully saturated rings. The average Bonchev–Trinajstić information content (AvgIpc) is 2.91. The first kappa shape index (κ1) is 19.7. The zero-order chi connectivity index (χ0) is 20.1. The van der Waals surface area contributed by atoms with Gasteiger partial charge in [-0.2, -0.15) is 5.10 Å². The van der Waals surface area contributed by atoms with Crippen LogP contribution < -0.4 is 10.1 Å². The van der Waals surface area contributed by atoms with Crippen molar-refractivity contribution in [2.24, 2.45) is 0 Å².